The number of nitrogens with zero attached hydrogens (tertiary/aromatic N) is 3. The number of ketones is 1. The highest BCUT2D eigenvalue weighted by molar-refractivity contribution is 7.89. The fourth-order valence-electron chi connectivity index (χ4n) is 3.59. The van der Waals surface area contributed by atoms with Gasteiger partial charge in [0, 0.05) is 44.6 Å². The fraction of sp³-hybridized carbons (Fsp3) is 0.348. The molecule has 1 N–H and O–H groups in total. The summed E-state index contributed by atoms with van der Waals surface area (Å²) in [5.41, 5.74) is 2.27. The molecule has 4 rings (SSSR count). The third-order valence-electron chi connectivity index (χ3n) is 5.66. The molecule has 0 radical (unpaired) electrons. The van der Waals surface area contributed by atoms with Gasteiger partial charge in [0.15, 0.2) is 10.9 Å². The number of Topliss-reactive ketones (excluding diaryl/α,β-unsaturated/α-hetero) is 1. The largest absolute Gasteiger partial charge is 0.304 e. The molecular formula is C23H26N4O4S2. The predicted molar refractivity (Wildman–Crippen MR) is 129 cm³/mol. The van der Waals surface area contributed by atoms with Crippen LogP contribution in [0.2, 0.25) is 0 Å². The van der Waals surface area contributed by atoms with Gasteiger partial charge in [-0.1, -0.05) is 41.2 Å². The third kappa shape index (κ3) is 5.47. The van der Waals surface area contributed by atoms with Crippen LogP contribution in [0.1, 0.15) is 28.8 Å². The van der Waals surface area contributed by atoms with Crippen molar-refractivity contribution in [3.05, 3.63) is 53.6 Å². The number of likely N-dealkylation sites (N-methyl/N-ethyl adjacent to an activating group) is 1. The maximum atomic E-state index is 13.0. The molecule has 3 aromatic rings. The van der Waals surface area contributed by atoms with Crippen molar-refractivity contribution in [2.75, 3.05) is 38.5 Å². The normalized spacial score (nSPS) is 15.6. The van der Waals surface area contributed by atoms with Gasteiger partial charge in [-0.15, -0.1) is 0 Å². The van der Waals surface area contributed by atoms with Gasteiger partial charge in [0.05, 0.1) is 15.1 Å². The number of sulfonamides is 1. The lowest BCUT2D eigenvalue weighted by Gasteiger charge is -2.31. The minimum atomic E-state index is -3.58. The summed E-state index contributed by atoms with van der Waals surface area (Å²) < 4.78 is 28.2. The van der Waals surface area contributed by atoms with Gasteiger partial charge < -0.3 is 10.2 Å². The van der Waals surface area contributed by atoms with E-state index in [1.807, 2.05) is 26.1 Å². The first-order chi connectivity index (χ1) is 15.7. The summed E-state index contributed by atoms with van der Waals surface area (Å²) in [4.78, 5) is 31.3. The number of hydrogen-bond donors (Lipinski definition) is 1. The maximum Gasteiger partial charge on any atom is 0.243 e. The number of benzene rings is 2. The highest BCUT2D eigenvalue weighted by Gasteiger charge is 2.28. The number of carbonyl (C=O) groups is 2. The molecule has 0 spiro atoms. The molecule has 0 aliphatic carbocycles. The summed E-state index contributed by atoms with van der Waals surface area (Å²) in [5, 5.41) is 3.11. The van der Waals surface area contributed by atoms with E-state index in [9.17, 15) is 18.0 Å². The Bertz CT molecular complexity index is 1280. The highest BCUT2D eigenvalue weighted by atomic mass is 32.2. The lowest BCUT2D eigenvalue weighted by Crippen LogP contribution is -2.46. The van der Waals surface area contributed by atoms with Gasteiger partial charge in [0.25, 0.3) is 0 Å². The second-order valence-electron chi connectivity index (χ2n) is 8.19. The summed E-state index contributed by atoms with van der Waals surface area (Å²) in [5.74, 6) is -0.395. The molecule has 33 heavy (non-hydrogen) atoms. The molecule has 0 bridgehead atoms. The van der Waals surface area contributed by atoms with Crippen LogP contribution in [0, 0.1) is 6.92 Å². The first-order valence-corrected chi connectivity index (χ1v) is 13.0. The standard InChI is InChI=1S/C23H26N4O4S2/c1-16-3-5-17(6-4-16)20(28)9-10-22(29)25-23-24-19-8-7-18(15-21(19)32-23)33(30,31)27-13-11-26(2)12-14-27/h3-8,15H,9-14H2,1-2H3,(H,24,25,29). The molecule has 2 aromatic carbocycles. The monoisotopic (exact) mass is 486 g/mol. The van der Waals surface area contributed by atoms with Crippen LogP contribution < -0.4 is 5.32 Å². The van der Waals surface area contributed by atoms with Gasteiger partial charge in [0.2, 0.25) is 15.9 Å². The molecule has 0 unspecified atom stereocenters. The first-order valence-electron chi connectivity index (χ1n) is 10.7. The Hall–Kier alpha value is -2.66. The van der Waals surface area contributed by atoms with E-state index in [0.717, 1.165) is 5.56 Å². The van der Waals surface area contributed by atoms with E-state index in [1.165, 1.54) is 15.6 Å². The zero-order valence-corrected chi connectivity index (χ0v) is 20.2. The number of anilines is 1. The number of rotatable bonds is 7. The molecule has 2 heterocycles. The summed E-state index contributed by atoms with van der Waals surface area (Å²) in [7, 11) is -1.60. The Kier molecular flexibility index (Phi) is 6.89. The van der Waals surface area contributed by atoms with E-state index in [0.29, 0.717) is 47.1 Å². The quantitative estimate of drug-likeness (QED) is 0.515. The second kappa shape index (κ2) is 9.68. The van der Waals surface area contributed by atoms with Crippen molar-refractivity contribution in [2.24, 2.45) is 0 Å². The molecule has 0 atom stereocenters. The van der Waals surface area contributed by atoms with E-state index >= 15 is 0 Å². The van der Waals surface area contributed by atoms with Crippen LogP contribution in [-0.2, 0) is 14.8 Å². The fourth-order valence-corrected chi connectivity index (χ4v) is 6.03. The Morgan fingerprint density at radius 3 is 2.42 bits per heavy atom. The molecular weight excluding hydrogens is 460 g/mol. The van der Waals surface area contributed by atoms with E-state index in [-0.39, 0.29) is 29.4 Å². The summed E-state index contributed by atoms with van der Waals surface area (Å²) in [6, 6.07) is 12.1. The van der Waals surface area contributed by atoms with Crippen molar-refractivity contribution in [1.82, 2.24) is 14.2 Å². The minimum absolute atomic E-state index is 0.0473. The van der Waals surface area contributed by atoms with Gasteiger partial charge in [-0.05, 0) is 32.2 Å². The van der Waals surface area contributed by atoms with Crippen molar-refractivity contribution in [1.29, 1.82) is 0 Å². The van der Waals surface area contributed by atoms with Crippen LogP contribution in [0.15, 0.2) is 47.4 Å². The van der Waals surface area contributed by atoms with Gasteiger partial charge in [-0.2, -0.15) is 4.31 Å². The highest BCUT2D eigenvalue weighted by Crippen LogP contribution is 2.29. The topological polar surface area (TPSA) is 99.7 Å². The SMILES string of the molecule is Cc1ccc(C(=O)CCC(=O)Nc2nc3ccc(S(=O)(=O)N4CCN(C)CC4)cc3s2)cc1. The van der Waals surface area contributed by atoms with Crippen molar-refractivity contribution >= 4 is 48.4 Å². The molecule has 1 saturated heterocycles. The van der Waals surface area contributed by atoms with E-state index in [4.69, 9.17) is 0 Å². The Balaban J connectivity index is 1.40. The molecule has 174 valence electrons. The number of aromatic nitrogens is 1. The molecule has 1 amide bonds. The number of hydrogen-bond acceptors (Lipinski definition) is 7. The van der Waals surface area contributed by atoms with Gasteiger partial charge >= 0.3 is 0 Å². The van der Waals surface area contributed by atoms with Crippen molar-refractivity contribution in [3.8, 4) is 0 Å². The molecule has 1 aromatic heterocycles. The molecule has 10 heteroatoms. The van der Waals surface area contributed by atoms with Crippen LogP contribution in [-0.4, -0.2) is 67.5 Å². The Labute approximate surface area is 197 Å². The summed E-state index contributed by atoms with van der Waals surface area (Å²) in [6.45, 7) is 4.27. The lowest BCUT2D eigenvalue weighted by atomic mass is 10.1. The van der Waals surface area contributed by atoms with Crippen LogP contribution in [0.25, 0.3) is 10.2 Å². The number of thiazole rings is 1. The lowest BCUT2D eigenvalue weighted by molar-refractivity contribution is -0.116. The smallest absolute Gasteiger partial charge is 0.243 e. The zero-order valence-electron chi connectivity index (χ0n) is 18.6. The maximum absolute atomic E-state index is 13.0. The number of piperazine rings is 1. The third-order valence-corrected chi connectivity index (χ3v) is 8.49. The molecule has 1 aliphatic rings. The van der Waals surface area contributed by atoms with E-state index in [2.05, 4.69) is 15.2 Å². The summed E-state index contributed by atoms with van der Waals surface area (Å²) >= 11 is 1.22. The second-order valence-corrected chi connectivity index (χ2v) is 11.2. The number of fused-ring (bicyclic) bond motifs is 1. The van der Waals surface area contributed by atoms with Crippen molar-refractivity contribution in [2.45, 2.75) is 24.7 Å². The van der Waals surface area contributed by atoms with Crippen LogP contribution in [0.3, 0.4) is 0 Å². The Morgan fingerprint density at radius 1 is 1.03 bits per heavy atom. The van der Waals surface area contributed by atoms with Gasteiger partial charge in [-0.25, -0.2) is 13.4 Å². The van der Waals surface area contributed by atoms with Crippen molar-refractivity contribution in [3.63, 3.8) is 0 Å². The van der Waals surface area contributed by atoms with Crippen molar-refractivity contribution < 1.29 is 18.0 Å². The predicted octanol–water partition coefficient (Wildman–Crippen LogP) is 3.14. The number of nitrogens with one attached hydrogen (secondary N) is 1. The molecule has 1 fully saturated rings. The van der Waals surface area contributed by atoms with Crippen LogP contribution in [0.5, 0.6) is 0 Å². The first kappa shape index (κ1) is 23.5. The summed E-state index contributed by atoms with van der Waals surface area (Å²) in [6.07, 6.45) is 0.152. The van der Waals surface area contributed by atoms with Gasteiger partial charge in [0.1, 0.15) is 0 Å². The number of carbonyl (C=O) groups excluding carboxylic acids is 2. The number of amides is 1. The minimum Gasteiger partial charge on any atom is -0.304 e. The molecule has 0 saturated carbocycles. The average molecular weight is 487 g/mol. The zero-order chi connectivity index (χ0) is 23.6. The van der Waals surface area contributed by atoms with E-state index < -0.39 is 10.0 Å². The van der Waals surface area contributed by atoms with E-state index in [1.54, 1.807) is 30.3 Å². The molecule has 1 aliphatic heterocycles. The van der Waals surface area contributed by atoms with Crippen LogP contribution >= 0.6 is 11.3 Å². The molecule has 8 nitrogen and oxygen atoms in total. The van der Waals surface area contributed by atoms with Gasteiger partial charge in [-0.3, -0.25) is 9.59 Å². The average Bonchev–Trinajstić information content (AvgIpc) is 3.19. The Morgan fingerprint density at radius 2 is 1.73 bits per heavy atom. The number of aryl methyl sites for hydroxylation is 1. The van der Waals surface area contributed by atoms with Crippen LogP contribution in [0.4, 0.5) is 5.13 Å².